The van der Waals surface area contributed by atoms with Gasteiger partial charge in [-0.25, -0.2) is 4.79 Å². The first-order valence-corrected chi connectivity index (χ1v) is 10.2. The number of nitrogens with one attached hydrogen (secondary N) is 1. The average molecular weight is 422 g/mol. The third-order valence-corrected chi connectivity index (χ3v) is 5.82. The minimum absolute atomic E-state index is 0.0390. The summed E-state index contributed by atoms with van der Waals surface area (Å²) in [5.41, 5.74) is 3.26. The van der Waals surface area contributed by atoms with Crippen LogP contribution in [0.25, 0.3) is 0 Å². The maximum atomic E-state index is 13.1. The molecule has 1 aliphatic carbocycles. The second-order valence-corrected chi connectivity index (χ2v) is 9.37. The van der Waals surface area contributed by atoms with Gasteiger partial charge < -0.3 is 10.1 Å². The number of esters is 1. The Morgan fingerprint density at radius 1 is 1.21 bits per heavy atom. The molecule has 0 saturated carbocycles. The summed E-state index contributed by atoms with van der Waals surface area (Å²) in [7, 11) is 0. The third kappa shape index (κ3) is 3.99. The molecule has 6 heteroatoms. The standard InChI is InChI=1S/C22H25Cl2NO3/c1-11(2)28-21(27)18-12(3)25-16-9-22(4,5)10-17(26)20(16)19(18)13-6-7-14(23)15(24)8-13/h6-8,11,19,25H,9-10H2,1-5H3/t19-/m0/s1. The van der Waals surface area contributed by atoms with E-state index in [1.54, 1.807) is 26.0 Å². The predicted octanol–water partition coefficient (Wildman–Crippen LogP) is 5.55. The zero-order valence-corrected chi connectivity index (χ0v) is 18.3. The molecule has 1 N–H and O–H groups in total. The van der Waals surface area contributed by atoms with Gasteiger partial charge in [-0.2, -0.15) is 0 Å². The van der Waals surface area contributed by atoms with E-state index in [1.165, 1.54) is 0 Å². The molecule has 0 amide bonds. The molecule has 1 atom stereocenters. The first-order valence-electron chi connectivity index (χ1n) is 9.40. The smallest absolute Gasteiger partial charge is 0.337 e. The van der Waals surface area contributed by atoms with Gasteiger partial charge in [-0.05, 0) is 50.3 Å². The zero-order chi connectivity index (χ0) is 20.8. The van der Waals surface area contributed by atoms with Gasteiger partial charge in [-0.3, -0.25) is 4.79 Å². The molecule has 0 aromatic heterocycles. The number of dihydropyridines is 1. The summed E-state index contributed by atoms with van der Waals surface area (Å²) in [5.74, 6) is -0.918. The summed E-state index contributed by atoms with van der Waals surface area (Å²) in [6.07, 6.45) is 0.894. The fourth-order valence-corrected chi connectivity index (χ4v) is 4.32. The van der Waals surface area contributed by atoms with Crippen molar-refractivity contribution in [2.75, 3.05) is 0 Å². The van der Waals surface area contributed by atoms with Crippen LogP contribution in [0.2, 0.25) is 10.0 Å². The summed E-state index contributed by atoms with van der Waals surface area (Å²) in [6, 6.07) is 5.24. The number of carbonyl (C=O) groups is 2. The monoisotopic (exact) mass is 421 g/mol. The third-order valence-electron chi connectivity index (χ3n) is 5.08. The van der Waals surface area contributed by atoms with Crippen molar-refractivity contribution in [3.63, 3.8) is 0 Å². The van der Waals surface area contributed by atoms with E-state index in [4.69, 9.17) is 27.9 Å². The van der Waals surface area contributed by atoms with Crippen molar-refractivity contribution in [3.8, 4) is 0 Å². The van der Waals surface area contributed by atoms with E-state index in [0.717, 1.165) is 17.7 Å². The van der Waals surface area contributed by atoms with Gasteiger partial charge in [-0.1, -0.05) is 43.1 Å². The van der Waals surface area contributed by atoms with Crippen molar-refractivity contribution in [1.82, 2.24) is 5.32 Å². The Morgan fingerprint density at radius 2 is 1.89 bits per heavy atom. The van der Waals surface area contributed by atoms with Gasteiger partial charge >= 0.3 is 5.97 Å². The molecule has 150 valence electrons. The van der Waals surface area contributed by atoms with Crippen LogP contribution >= 0.6 is 23.2 Å². The maximum Gasteiger partial charge on any atom is 0.337 e. The van der Waals surface area contributed by atoms with Gasteiger partial charge in [0, 0.05) is 29.3 Å². The highest BCUT2D eigenvalue weighted by Crippen LogP contribution is 2.47. The van der Waals surface area contributed by atoms with E-state index in [1.807, 2.05) is 13.0 Å². The highest BCUT2D eigenvalue weighted by molar-refractivity contribution is 6.42. The number of benzene rings is 1. The average Bonchev–Trinajstić information content (AvgIpc) is 2.54. The summed E-state index contributed by atoms with van der Waals surface area (Å²) >= 11 is 12.3. The lowest BCUT2D eigenvalue weighted by Crippen LogP contribution is -2.39. The van der Waals surface area contributed by atoms with Crippen molar-refractivity contribution in [2.24, 2.45) is 5.41 Å². The Hall–Kier alpha value is -1.78. The fraction of sp³-hybridized carbons (Fsp3) is 0.455. The van der Waals surface area contributed by atoms with Gasteiger partial charge in [0.05, 0.1) is 21.7 Å². The first kappa shape index (κ1) is 20.9. The van der Waals surface area contributed by atoms with E-state index >= 15 is 0 Å². The summed E-state index contributed by atoms with van der Waals surface area (Å²) < 4.78 is 5.49. The van der Waals surface area contributed by atoms with Crippen molar-refractivity contribution < 1.29 is 14.3 Å². The number of hydrogen-bond donors (Lipinski definition) is 1. The second kappa shape index (κ2) is 7.57. The molecule has 28 heavy (non-hydrogen) atoms. The van der Waals surface area contributed by atoms with Crippen LogP contribution in [0.5, 0.6) is 0 Å². The Labute approximate surface area is 175 Å². The lowest BCUT2D eigenvalue weighted by atomic mass is 9.68. The number of halogens is 2. The quantitative estimate of drug-likeness (QED) is 0.649. The molecule has 1 aromatic carbocycles. The summed E-state index contributed by atoms with van der Waals surface area (Å²) in [4.78, 5) is 26.1. The van der Waals surface area contributed by atoms with Crippen molar-refractivity contribution >= 4 is 35.0 Å². The first-order chi connectivity index (χ1) is 13.0. The Balaban J connectivity index is 2.19. The second-order valence-electron chi connectivity index (χ2n) is 8.56. The van der Waals surface area contributed by atoms with Crippen LogP contribution in [0.1, 0.15) is 58.9 Å². The lowest BCUT2D eigenvalue weighted by molar-refractivity contribution is -0.143. The number of ether oxygens (including phenoxy) is 1. The molecule has 0 saturated heterocycles. The number of rotatable bonds is 3. The number of Topliss-reactive ketones (excluding diaryl/α,β-unsaturated/α-hetero) is 1. The number of allylic oxidation sites excluding steroid dienone is 3. The van der Waals surface area contributed by atoms with E-state index < -0.39 is 11.9 Å². The van der Waals surface area contributed by atoms with Crippen LogP contribution in [0, 0.1) is 5.41 Å². The van der Waals surface area contributed by atoms with E-state index in [9.17, 15) is 9.59 Å². The SMILES string of the molecule is CC1=C(C(=O)OC(C)C)[C@H](c2ccc(Cl)c(Cl)c2)C2=C(CC(C)(C)CC2=O)N1. The zero-order valence-electron chi connectivity index (χ0n) is 16.8. The van der Waals surface area contributed by atoms with Crippen LogP contribution in [0.15, 0.2) is 40.7 Å². The van der Waals surface area contributed by atoms with E-state index in [2.05, 4.69) is 19.2 Å². The molecule has 1 heterocycles. The predicted molar refractivity (Wildman–Crippen MR) is 111 cm³/mol. The van der Waals surface area contributed by atoms with Crippen molar-refractivity contribution in [1.29, 1.82) is 0 Å². The minimum Gasteiger partial charge on any atom is -0.460 e. The topological polar surface area (TPSA) is 55.4 Å². The van der Waals surface area contributed by atoms with Gasteiger partial charge in [0.1, 0.15) is 0 Å². The molecule has 0 fully saturated rings. The molecule has 4 nitrogen and oxygen atoms in total. The summed E-state index contributed by atoms with van der Waals surface area (Å²) in [5, 5.41) is 4.13. The van der Waals surface area contributed by atoms with E-state index in [-0.39, 0.29) is 17.3 Å². The Kier molecular flexibility index (Phi) is 5.66. The van der Waals surface area contributed by atoms with E-state index in [0.29, 0.717) is 33.3 Å². The fourth-order valence-electron chi connectivity index (χ4n) is 4.01. The van der Waals surface area contributed by atoms with Crippen LogP contribution in [-0.4, -0.2) is 17.9 Å². The van der Waals surface area contributed by atoms with Crippen molar-refractivity contribution in [3.05, 3.63) is 56.3 Å². The van der Waals surface area contributed by atoms with Gasteiger partial charge in [0.25, 0.3) is 0 Å². The van der Waals surface area contributed by atoms with Crippen molar-refractivity contribution in [2.45, 2.75) is 59.5 Å². The molecule has 0 spiro atoms. The molecule has 0 bridgehead atoms. The normalized spacial score (nSPS) is 21.6. The number of hydrogen-bond acceptors (Lipinski definition) is 4. The minimum atomic E-state index is -0.527. The summed E-state index contributed by atoms with van der Waals surface area (Å²) in [6.45, 7) is 9.60. The largest absolute Gasteiger partial charge is 0.460 e. The van der Waals surface area contributed by atoms with Crippen LogP contribution in [-0.2, 0) is 14.3 Å². The molecular formula is C22H25Cl2NO3. The molecule has 0 radical (unpaired) electrons. The lowest BCUT2D eigenvalue weighted by Gasteiger charge is -2.39. The molecule has 3 rings (SSSR count). The number of ketones is 1. The highest BCUT2D eigenvalue weighted by atomic mass is 35.5. The highest BCUT2D eigenvalue weighted by Gasteiger charge is 2.43. The van der Waals surface area contributed by atoms with Crippen LogP contribution < -0.4 is 5.32 Å². The molecule has 1 aromatic rings. The van der Waals surface area contributed by atoms with Gasteiger partial charge in [0.2, 0.25) is 0 Å². The Bertz CT molecular complexity index is 912. The van der Waals surface area contributed by atoms with Crippen LogP contribution in [0.3, 0.4) is 0 Å². The molecule has 1 aliphatic heterocycles. The maximum absolute atomic E-state index is 13.1. The molecule has 0 unspecified atom stereocenters. The van der Waals surface area contributed by atoms with Gasteiger partial charge in [-0.15, -0.1) is 0 Å². The van der Waals surface area contributed by atoms with Crippen LogP contribution in [0.4, 0.5) is 0 Å². The van der Waals surface area contributed by atoms with Gasteiger partial charge in [0.15, 0.2) is 5.78 Å². The molecular weight excluding hydrogens is 397 g/mol. The Morgan fingerprint density at radius 3 is 2.50 bits per heavy atom. The number of carbonyl (C=O) groups excluding carboxylic acids is 2. The molecule has 2 aliphatic rings.